The lowest BCUT2D eigenvalue weighted by atomic mass is 9.94. The van der Waals surface area contributed by atoms with Crippen LogP contribution in [0.5, 0.6) is 0 Å². The number of rotatable bonds is 4. The number of hydrogen-bond donors (Lipinski definition) is 2. The van der Waals surface area contributed by atoms with Gasteiger partial charge < -0.3 is 15.5 Å². The Labute approximate surface area is 160 Å². The Kier molecular flexibility index (Phi) is 5.57. The molecule has 146 valence electrons. The van der Waals surface area contributed by atoms with E-state index in [4.69, 9.17) is 4.98 Å². The van der Waals surface area contributed by atoms with Gasteiger partial charge in [0, 0.05) is 26.6 Å². The minimum Gasteiger partial charge on any atom is -0.357 e. The number of nitrogens with one attached hydrogen (secondary N) is 2. The van der Waals surface area contributed by atoms with Crippen LogP contribution in [0.1, 0.15) is 44.9 Å². The van der Waals surface area contributed by atoms with E-state index in [9.17, 15) is 4.79 Å². The third-order valence-corrected chi connectivity index (χ3v) is 5.79. The number of aromatic nitrogens is 3. The van der Waals surface area contributed by atoms with Gasteiger partial charge in [0.1, 0.15) is 5.82 Å². The van der Waals surface area contributed by atoms with Crippen LogP contribution >= 0.6 is 0 Å². The van der Waals surface area contributed by atoms with Gasteiger partial charge in [-0.05, 0) is 56.8 Å². The van der Waals surface area contributed by atoms with Crippen LogP contribution in [0.3, 0.4) is 0 Å². The molecular weight excluding hydrogens is 340 g/mol. The second kappa shape index (κ2) is 8.25. The molecule has 0 aromatic carbocycles. The smallest absolute Gasteiger partial charge is 0.225 e. The number of aryl methyl sites for hydroxylation is 1. The van der Waals surface area contributed by atoms with Gasteiger partial charge >= 0.3 is 0 Å². The van der Waals surface area contributed by atoms with Gasteiger partial charge in [-0.1, -0.05) is 12.8 Å². The van der Waals surface area contributed by atoms with E-state index in [2.05, 4.69) is 32.8 Å². The van der Waals surface area contributed by atoms with Gasteiger partial charge in [-0.25, -0.2) is 9.67 Å². The summed E-state index contributed by atoms with van der Waals surface area (Å²) in [6.45, 7) is 4.15. The molecule has 0 aliphatic carbocycles. The van der Waals surface area contributed by atoms with E-state index >= 15 is 0 Å². The zero-order valence-electron chi connectivity index (χ0n) is 16.2. The number of pyridine rings is 1. The molecule has 1 amide bonds. The highest BCUT2D eigenvalue weighted by Crippen LogP contribution is 2.26. The van der Waals surface area contributed by atoms with Gasteiger partial charge in [0.15, 0.2) is 11.5 Å². The van der Waals surface area contributed by atoms with Gasteiger partial charge in [-0.3, -0.25) is 4.79 Å². The van der Waals surface area contributed by atoms with Gasteiger partial charge in [0.25, 0.3) is 0 Å². The average Bonchev–Trinajstić information content (AvgIpc) is 2.86. The third-order valence-electron chi connectivity index (χ3n) is 5.79. The summed E-state index contributed by atoms with van der Waals surface area (Å²) in [7, 11) is 1.89. The summed E-state index contributed by atoms with van der Waals surface area (Å²) in [5, 5.41) is 11.8. The maximum atomic E-state index is 12.5. The Morgan fingerprint density at radius 2 is 1.93 bits per heavy atom. The minimum atomic E-state index is 0.0542. The Hall–Kier alpha value is -2.15. The van der Waals surface area contributed by atoms with E-state index in [1.54, 1.807) is 4.68 Å². The van der Waals surface area contributed by atoms with Crippen molar-refractivity contribution < 1.29 is 4.79 Å². The largest absolute Gasteiger partial charge is 0.357 e. The monoisotopic (exact) mass is 370 g/mol. The second-order valence-electron chi connectivity index (χ2n) is 7.86. The van der Waals surface area contributed by atoms with Crippen LogP contribution in [-0.4, -0.2) is 46.9 Å². The van der Waals surface area contributed by atoms with E-state index in [0.29, 0.717) is 18.2 Å². The van der Waals surface area contributed by atoms with Crippen molar-refractivity contribution in [2.75, 3.05) is 36.4 Å². The fraction of sp³-hybridized carbons (Fsp3) is 0.650. The van der Waals surface area contributed by atoms with Gasteiger partial charge in [-0.2, -0.15) is 5.10 Å². The van der Waals surface area contributed by atoms with Crippen molar-refractivity contribution in [2.24, 2.45) is 13.0 Å². The Balaban J connectivity index is 1.49. The van der Waals surface area contributed by atoms with Gasteiger partial charge in [-0.15, -0.1) is 0 Å². The molecule has 0 atom stereocenters. The summed E-state index contributed by atoms with van der Waals surface area (Å²) < 4.78 is 1.77. The van der Waals surface area contributed by atoms with E-state index in [1.807, 2.05) is 7.05 Å². The molecule has 2 saturated heterocycles. The van der Waals surface area contributed by atoms with E-state index in [-0.39, 0.29) is 5.91 Å². The summed E-state index contributed by atoms with van der Waals surface area (Å²) in [4.78, 5) is 19.7. The molecule has 0 saturated carbocycles. The topological polar surface area (TPSA) is 75.1 Å². The Morgan fingerprint density at radius 1 is 1.19 bits per heavy atom. The summed E-state index contributed by atoms with van der Waals surface area (Å²) in [6, 6.07) is 4.12. The molecule has 2 fully saturated rings. The second-order valence-corrected chi connectivity index (χ2v) is 7.86. The van der Waals surface area contributed by atoms with Crippen molar-refractivity contribution in [3.8, 4) is 0 Å². The highest BCUT2D eigenvalue weighted by Gasteiger charge is 2.20. The van der Waals surface area contributed by atoms with E-state index in [0.717, 1.165) is 55.9 Å². The van der Waals surface area contributed by atoms with Crippen molar-refractivity contribution >= 4 is 28.6 Å². The highest BCUT2D eigenvalue weighted by molar-refractivity contribution is 5.99. The van der Waals surface area contributed by atoms with Crippen LogP contribution in [0.2, 0.25) is 0 Å². The molecule has 2 aliphatic heterocycles. The van der Waals surface area contributed by atoms with E-state index < -0.39 is 0 Å². The summed E-state index contributed by atoms with van der Waals surface area (Å²) in [5.74, 6) is 2.16. The highest BCUT2D eigenvalue weighted by atomic mass is 16.1. The van der Waals surface area contributed by atoms with Crippen molar-refractivity contribution in [2.45, 2.75) is 44.9 Å². The first-order valence-corrected chi connectivity index (χ1v) is 10.3. The predicted molar refractivity (Wildman–Crippen MR) is 108 cm³/mol. The number of hydrogen-bond acceptors (Lipinski definition) is 5. The number of carbonyl (C=O) groups excluding carboxylic acids is 1. The fourth-order valence-electron chi connectivity index (χ4n) is 4.22. The van der Waals surface area contributed by atoms with Crippen LogP contribution in [-0.2, 0) is 11.8 Å². The zero-order valence-corrected chi connectivity index (χ0v) is 16.2. The average molecular weight is 371 g/mol. The third kappa shape index (κ3) is 4.24. The van der Waals surface area contributed by atoms with E-state index in [1.165, 1.54) is 25.7 Å². The molecule has 2 aromatic heterocycles. The molecule has 4 heterocycles. The first kappa shape index (κ1) is 18.2. The molecule has 4 rings (SSSR count). The molecule has 2 aromatic rings. The number of fused-ring (bicyclic) bond motifs is 1. The van der Waals surface area contributed by atoms with Crippen molar-refractivity contribution in [3.63, 3.8) is 0 Å². The van der Waals surface area contributed by atoms with Crippen LogP contribution < -0.4 is 15.5 Å². The molecule has 2 N–H and O–H groups in total. The summed E-state index contributed by atoms with van der Waals surface area (Å²) >= 11 is 0. The molecule has 2 aliphatic rings. The van der Waals surface area contributed by atoms with Crippen LogP contribution in [0.25, 0.3) is 11.0 Å². The number of piperidine rings is 1. The number of anilines is 2. The molecular formula is C20H30N6O. The van der Waals surface area contributed by atoms with Gasteiger partial charge in [0.05, 0.1) is 5.39 Å². The first-order valence-electron chi connectivity index (χ1n) is 10.3. The maximum absolute atomic E-state index is 12.5. The molecule has 0 spiro atoms. The van der Waals surface area contributed by atoms with Crippen LogP contribution in [0.4, 0.5) is 11.6 Å². The molecule has 7 heteroatoms. The predicted octanol–water partition coefficient (Wildman–Crippen LogP) is 2.68. The molecule has 0 unspecified atom stereocenters. The number of nitrogens with zero attached hydrogens (tertiary/aromatic N) is 4. The van der Waals surface area contributed by atoms with Crippen molar-refractivity contribution in [1.29, 1.82) is 0 Å². The molecule has 0 bridgehead atoms. The molecule has 7 nitrogen and oxygen atoms in total. The summed E-state index contributed by atoms with van der Waals surface area (Å²) in [6.07, 6.45) is 7.76. The van der Waals surface area contributed by atoms with Gasteiger partial charge in [0.2, 0.25) is 5.91 Å². The molecule has 0 radical (unpaired) electrons. The number of amides is 1. The van der Waals surface area contributed by atoms with Crippen LogP contribution in [0.15, 0.2) is 12.1 Å². The number of carbonyl (C=O) groups is 1. The maximum Gasteiger partial charge on any atom is 0.225 e. The zero-order chi connectivity index (χ0) is 18.6. The lowest BCUT2D eigenvalue weighted by Gasteiger charge is -2.21. The first-order chi connectivity index (χ1) is 13.2. The van der Waals surface area contributed by atoms with Crippen molar-refractivity contribution in [1.82, 2.24) is 20.1 Å². The quantitative estimate of drug-likeness (QED) is 0.865. The standard InChI is InChI=1S/C20H30N6O/c1-25-20-16(6-7-17(22-20)26-12-4-2-3-5-13-26)19(24-25)23-18(27)14-15-8-10-21-11-9-15/h6-7,15,21H,2-5,8-14H2,1H3,(H,23,24,27). The van der Waals surface area contributed by atoms with Crippen LogP contribution in [0, 0.1) is 5.92 Å². The van der Waals surface area contributed by atoms with Crippen molar-refractivity contribution in [3.05, 3.63) is 12.1 Å². The minimum absolute atomic E-state index is 0.0542. The lowest BCUT2D eigenvalue weighted by molar-refractivity contribution is -0.117. The Bertz CT molecular complexity index is 787. The normalized spacial score (nSPS) is 19.2. The fourth-order valence-corrected chi connectivity index (χ4v) is 4.22. The Morgan fingerprint density at radius 3 is 2.67 bits per heavy atom. The lowest BCUT2D eigenvalue weighted by Crippen LogP contribution is -2.30. The summed E-state index contributed by atoms with van der Waals surface area (Å²) in [5.41, 5.74) is 0.828. The SMILES string of the molecule is Cn1nc(NC(=O)CC2CCNCC2)c2ccc(N3CCCCCC3)nc21. The molecule has 27 heavy (non-hydrogen) atoms.